The fourth-order valence-corrected chi connectivity index (χ4v) is 3.57. The van der Waals surface area contributed by atoms with Gasteiger partial charge < -0.3 is 9.47 Å². The Morgan fingerprint density at radius 2 is 1.67 bits per heavy atom. The number of imide groups is 2. The number of esters is 1. The van der Waals surface area contributed by atoms with Crippen molar-refractivity contribution in [2.75, 3.05) is 12.0 Å². The van der Waals surface area contributed by atoms with Crippen LogP contribution in [0.25, 0.3) is 6.08 Å². The van der Waals surface area contributed by atoms with Crippen LogP contribution in [-0.2, 0) is 14.3 Å². The first-order chi connectivity index (χ1) is 18.6. The molecule has 0 saturated carbocycles. The van der Waals surface area contributed by atoms with Crippen molar-refractivity contribution >= 4 is 47.0 Å². The summed E-state index contributed by atoms with van der Waals surface area (Å²) in [6.45, 7) is 0. The number of non-ortho nitro benzene ring substituents is 1. The lowest BCUT2D eigenvalue weighted by molar-refractivity contribution is -0.394. The highest BCUT2D eigenvalue weighted by Crippen LogP contribution is 2.35. The number of rotatable bonds is 7. The Balaban J connectivity index is 1.63. The molecule has 4 amide bonds. The molecular formula is C25H16N4O10. The van der Waals surface area contributed by atoms with E-state index in [-0.39, 0.29) is 28.3 Å². The molecule has 0 radical (unpaired) electrons. The van der Waals surface area contributed by atoms with E-state index in [2.05, 4.69) is 10.1 Å². The molecule has 1 aliphatic heterocycles. The predicted molar refractivity (Wildman–Crippen MR) is 133 cm³/mol. The third-order valence-corrected chi connectivity index (χ3v) is 5.40. The number of nitro benzene ring substituents is 2. The van der Waals surface area contributed by atoms with Gasteiger partial charge in [-0.05, 0) is 54.1 Å². The Morgan fingerprint density at radius 3 is 2.31 bits per heavy atom. The van der Waals surface area contributed by atoms with Crippen molar-refractivity contribution in [3.05, 3.63) is 104 Å². The summed E-state index contributed by atoms with van der Waals surface area (Å²) >= 11 is 0. The van der Waals surface area contributed by atoms with Gasteiger partial charge >= 0.3 is 17.7 Å². The second-order valence-corrected chi connectivity index (χ2v) is 7.84. The van der Waals surface area contributed by atoms with E-state index >= 15 is 0 Å². The van der Waals surface area contributed by atoms with Crippen LogP contribution < -0.4 is 15.0 Å². The van der Waals surface area contributed by atoms with Gasteiger partial charge in [-0.1, -0.05) is 12.1 Å². The maximum atomic E-state index is 13.1. The number of nitrogens with zero attached hydrogens (tertiary/aromatic N) is 3. The van der Waals surface area contributed by atoms with Crippen LogP contribution in [0.5, 0.6) is 11.5 Å². The smallest absolute Gasteiger partial charge is 0.337 e. The van der Waals surface area contributed by atoms with Gasteiger partial charge in [0.25, 0.3) is 17.5 Å². The van der Waals surface area contributed by atoms with Gasteiger partial charge in [0.15, 0.2) is 0 Å². The van der Waals surface area contributed by atoms with Crippen LogP contribution in [-0.4, -0.2) is 40.8 Å². The van der Waals surface area contributed by atoms with Crippen LogP contribution in [0.4, 0.5) is 21.9 Å². The van der Waals surface area contributed by atoms with Crippen LogP contribution in [0.2, 0.25) is 0 Å². The molecule has 14 nitrogen and oxygen atoms in total. The number of ether oxygens (including phenoxy) is 2. The number of nitro groups is 2. The molecular weight excluding hydrogens is 516 g/mol. The molecule has 0 aliphatic carbocycles. The molecule has 0 bridgehead atoms. The summed E-state index contributed by atoms with van der Waals surface area (Å²) in [4.78, 5) is 71.2. The monoisotopic (exact) mass is 532 g/mol. The fourth-order valence-electron chi connectivity index (χ4n) is 3.57. The number of methoxy groups -OCH3 is 1. The van der Waals surface area contributed by atoms with Gasteiger partial charge in [-0.15, -0.1) is 0 Å². The van der Waals surface area contributed by atoms with E-state index in [1.165, 1.54) is 61.7 Å². The van der Waals surface area contributed by atoms with Crippen LogP contribution in [0.3, 0.4) is 0 Å². The van der Waals surface area contributed by atoms with E-state index in [0.29, 0.717) is 0 Å². The first-order valence-corrected chi connectivity index (χ1v) is 10.9. The van der Waals surface area contributed by atoms with Crippen LogP contribution >= 0.6 is 0 Å². The number of hydrogen-bond donors (Lipinski definition) is 1. The van der Waals surface area contributed by atoms with Crippen molar-refractivity contribution in [3.63, 3.8) is 0 Å². The SMILES string of the molecule is COC(=O)c1ccc(N2C(=O)NC(=O)/C(=C/c3cccc(Oc4ccc([N+](=O)[O-])cc4[N+](=O)[O-])c3)C2=O)cc1. The minimum absolute atomic E-state index is 0.0660. The molecule has 3 aromatic rings. The van der Waals surface area contributed by atoms with E-state index in [0.717, 1.165) is 23.1 Å². The third kappa shape index (κ3) is 5.43. The summed E-state index contributed by atoms with van der Waals surface area (Å²) in [5.74, 6) is -2.71. The Hall–Kier alpha value is -5.92. The van der Waals surface area contributed by atoms with Crippen LogP contribution in [0.15, 0.2) is 72.3 Å². The summed E-state index contributed by atoms with van der Waals surface area (Å²) in [5.41, 5.74) is -0.985. The Bertz CT molecular complexity index is 1580. The lowest BCUT2D eigenvalue weighted by atomic mass is 10.1. The lowest BCUT2D eigenvalue weighted by Crippen LogP contribution is -2.54. The standard InChI is InChI=1S/C25H16N4O10/c1-38-24(32)15-5-7-16(8-6-15)27-23(31)19(22(30)26-25(27)33)12-14-3-2-4-18(11-14)39-21-10-9-17(28(34)35)13-20(21)29(36)37/h2-13H,1H3,(H,26,30,33)/b19-12-. The molecule has 196 valence electrons. The molecule has 14 heteroatoms. The van der Waals surface area contributed by atoms with Crippen molar-refractivity contribution in [2.24, 2.45) is 0 Å². The fraction of sp³-hybridized carbons (Fsp3) is 0.0400. The zero-order chi connectivity index (χ0) is 28.3. The van der Waals surface area contributed by atoms with Gasteiger partial charge in [-0.3, -0.25) is 35.1 Å². The molecule has 0 spiro atoms. The highest BCUT2D eigenvalue weighted by atomic mass is 16.6. The number of amides is 4. The Morgan fingerprint density at radius 1 is 0.949 bits per heavy atom. The molecule has 0 aromatic heterocycles. The summed E-state index contributed by atoms with van der Waals surface area (Å²) in [6.07, 6.45) is 1.19. The largest absolute Gasteiger partial charge is 0.465 e. The number of benzene rings is 3. The van der Waals surface area contributed by atoms with E-state index in [4.69, 9.17) is 4.74 Å². The van der Waals surface area contributed by atoms with Crippen molar-refractivity contribution in [2.45, 2.75) is 0 Å². The van der Waals surface area contributed by atoms with E-state index in [1.54, 1.807) is 0 Å². The van der Waals surface area contributed by atoms with E-state index in [1.807, 2.05) is 0 Å². The van der Waals surface area contributed by atoms with Crippen LogP contribution in [0, 0.1) is 20.2 Å². The maximum absolute atomic E-state index is 13.1. The van der Waals surface area contributed by atoms with Crippen molar-refractivity contribution in [3.8, 4) is 11.5 Å². The van der Waals surface area contributed by atoms with Gasteiger partial charge in [-0.2, -0.15) is 0 Å². The Labute approximate surface area is 218 Å². The summed E-state index contributed by atoms with van der Waals surface area (Å²) in [5, 5.41) is 24.4. The second kappa shape index (κ2) is 10.6. The second-order valence-electron chi connectivity index (χ2n) is 7.84. The molecule has 1 fully saturated rings. The number of anilines is 1. The van der Waals surface area contributed by atoms with E-state index < -0.39 is 50.6 Å². The number of nitrogens with one attached hydrogen (secondary N) is 1. The maximum Gasteiger partial charge on any atom is 0.337 e. The number of urea groups is 1. The zero-order valence-corrected chi connectivity index (χ0v) is 19.9. The molecule has 1 heterocycles. The molecule has 1 saturated heterocycles. The zero-order valence-electron chi connectivity index (χ0n) is 19.9. The average molecular weight is 532 g/mol. The third-order valence-electron chi connectivity index (χ3n) is 5.40. The molecule has 0 atom stereocenters. The highest BCUT2D eigenvalue weighted by Gasteiger charge is 2.37. The number of barbiturate groups is 1. The first kappa shape index (κ1) is 26.2. The minimum Gasteiger partial charge on any atom is -0.465 e. The quantitative estimate of drug-likeness (QED) is 0.154. The van der Waals surface area contributed by atoms with Gasteiger partial charge in [0.05, 0.1) is 34.3 Å². The molecule has 39 heavy (non-hydrogen) atoms. The topological polar surface area (TPSA) is 188 Å². The molecule has 4 rings (SSSR count). The van der Waals surface area contributed by atoms with Crippen LogP contribution in [0.1, 0.15) is 15.9 Å². The average Bonchev–Trinajstić information content (AvgIpc) is 2.91. The van der Waals surface area contributed by atoms with E-state index in [9.17, 15) is 39.4 Å². The van der Waals surface area contributed by atoms with Crippen molar-refractivity contribution < 1.29 is 38.5 Å². The van der Waals surface area contributed by atoms with Gasteiger partial charge in [0.1, 0.15) is 11.3 Å². The minimum atomic E-state index is -0.990. The van der Waals surface area contributed by atoms with Gasteiger partial charge in [-0.25, -0.2) is 14.5 Å². The number of carbonyl (C=O) groups is 4. The number of hydrogen-bond acceptors (Lipinski definition) is 10. The molecule has 1 aliphatic rings. The van der Waals surface area contributed by atoms with Crippen molar-refractivity contribution in [1.82, 2.24) is 5.32 Å². The summed E-state index contributed by atoms with van der Waals surface area (Å²) in [6, 6.07) is 13.1. The molecule has 3 aromatic carbocycles. The predicted octanol–water partition coefficient (Wildman–Crippen LogP) is 3.75. The number of carbonyl (C=O) groups excluding carboxylic acids is 4. The Kier molecular flexibility index (Phi) is 7.10. The normalized spacial score (nSPS) is 14.1. The lowest BCUT2D eigenvalue weighted by Gasteiger charge is -2.26. The first-order valence-electron chi connectivity index (χ1n) is 10.9. The summed E-state index contributed by atoms with van der Waals surface area (Å²) in [7, 11) is 1.20. The highest BCUT2D eigenvalue weighted by molar-refractivity contribution is 6.39. The van der Waals surface area contributed by atoms with Gasteiger partial charge in [0.2, 0.25) is 5.75 Å². The van der Waals surface area contributed by atoms with Crippen molar-refractivity contribution in [1.29, 1.82) is 0 Å². The molecule has 0 unspecified atom stereocenters. The molecule has 1 N–H and O–H groups in total. The van der Waals surface area contributed by atoms with Gasteiger partial charge in [0, 0.05) is 6.07 Å². The summed E-state index contributed by atoms with van der Waals surface area (Å²) < 4.78 is 10.2.